The average Bonchev–Trinajstić information content (AvgIpc) is 1.86. The van der Waals surface area contributed by atoms with Gasteiger partial charge in [0.1, 0.15) is 0 Å². The van der Waals surface area contributed by atoms with Gasteiger partial charge < -0.3 is 4.74 Å². The van der Waals surface area contributed by atoms with Crippen LogP contribution in [-0.4, -0.2) is 6.10 Å². The number of hydrogen-bond donors (Lipinski definition) is 0. The van der Waals surface area contributed by atoms with Crippen molar-refractivity contribution in [2.45, 2.75) is 25.9 Å². The van der Waals surface area contributed by atoms with Crippen molar-refractivity contribution < 1.29 is 25.8 Å². The van der Waals surface area contributed by atoms with E-state index in [9.17, 15) is 0 Å². The monoisotopic (exact) mass is 269 g/mol. The Morgan fingerprint density at radius 3 is 2.57 bits per heavy atom. The van der Waals surface area contributed by atoms with Crippen LogP contribution < -0.4 is 0 Å². The number of rotatable bonds is 0. The molecule has 1 nitrogen and oxygen atoms in total. The van der Waals surface area contributed by atoms with Crippen LogP contribution >= 0.6 is 0 Å². The first-order chi connectivity index (χ1) is 2.89. The average molecular weight is 269 g/mol. The Balaban J connectivity index is 0.000000360. The fraction of sp³-hybridized carbons (Fsp3) is 0.800. The van der Waals surface area contributed by atoms with Crippen molar-refractivity contribution in [3.63, 3.8) is 0 Å². The molecule has 0 aromatic rings. The van der Waals surface area contributed by atoms with Crippen LogP contribution in [0.15, 0.2) is 0 Å². The first-order valence-corrected chi connectivity index (χ1v) is 2.37. The number of ether oxygens (including phenoxy) is 1. The Hall–Kier alpha value is 0.648. The van der Waals surface area contributed by atoms with Gasteiger partial charge in [0.15, 0.2) is 0 Å². The van der Waals surface area contributed by atoms with Crippen molar-refractivity contribution in [2.75, 3.05) is 0 Å². The summed E-state index contributed by atoms with van der Waals surface area (Å²) in [4.78, 5) is 0. The molecule has 0 spiro atoms. The molecule has 0 radical (unpaired) electrons. The standard InChI is InChI=1S/C5H9O.W/c1-5-3-2-4-6-5;/h4-5H,2-3H2,1H3;/q-1;. The largest absolute Gasteiger partial charge is 0.550 e. The van der Waals surface area contributed by atoms with E-state index in [-0.39, 0.29) is 21.1 Å². The zero-order chi connectivity index (χ0) is 4.41. The van der Waals surface area contributed by atoms with Gasteiger partial charge in [-0.15, -0.1) is 0 Å². The van der Waals surface area contributed by atoms with Gasteiger partial charge >= 0.3 is 0 Å². The van der Waals surface area contributed by atoms with Crippen LogP contribution in [0.3, 0.4) is 0 Å². The normalized spacial score (nSPS) is 29.6. The van der Waals surface area contributed by atoms with Gasteiger partial charge in [-0.25, -0.2) is 6.61 Å². The topological polar surface area (TPSA) is 9.23 Å². The molecule has 0 aromatic carbocycles. The van der Waals surface area contributed by atoms with Crippen molar-refractivity contribution in [1.82, 2.24) is 0 Å². The molecule has 1 rings (SSSR count). The first-order valence-electron chi connectivity index (χ1n) is 2.37. The molecule has 0 saturated carbocycles. The molecule has 1 fully saturated rings. The fourth-order valence-electron chi connectivity index (χ4n) is 0.603. The van der Waals surface area contributed by atoms with E-state index in [1.54, 1.807) is 0 Å². The molecule has 7 heavy (non-hydrogen) atoms. The predicted octanol–water partition coefficient (Wildman–Crippen LogP) is 1.34. The van der Waals surface area contributed by atoms with Crippen LogP contribution in [0.2, 0.25) is 0 Å². The summed E-state index contributed by atoms with van der Waals surface area (Å²) in [7, 11) is 0. The first kappa shape index (κ1) is 7.65. The van der Waals surface area contributed by atoms with E-state index in [1.807, 2.05) is 6.61 Å². The van der Waals surface area contributed by atoms with Gasteiger partial charge in [0, 0.05) is 27.2 Å². The van der Waals surface area contributed by atoms with Gasteiger partial charge in [0.25, 0.3) is 0 Å². The summed E-state index contributed by atoms with van der Waals surface area (Å²) in [5, 5.41) is 0. The van der Waals surface area contributed by atoms with Crippen LogP contribution in [0.5, 0.6) is 0 Å². The van der Waals surface area contributed by atoms with Crippen LogP contribution in [0, 0.1) is 6.61 Å². The maximum Gasteiger partial charge on any atom is 0.0177 e. The van der Waals surface area contributed by atoms with Crippen molar-refractivity contribution in [1.29, 1.82) is 0 Å². The van der Waals surface area contributed by atoms with Gasteiger partial charge in [0.2, 0.25) is 0 Å². The Morgan fingerprint density at radius 1 is 1.71 bits per heavy atom. The summed E-state index contributed by atoms with van der Waals surface area (Å²) in [5.41, 5.74) is 0. The molecule has 1 atom stereocenters. The van der Waals surface area contributed by atoms with E-state index in [4.69, 9.17) is 4.74 Å². The summed E-state index contributed by atoms with van der Waals surface area (Å²) >= 11 is 0. The predicted molar refractivity (Wildman–Crippen MR) is 24.1 cm³/mol. The molecule has 0 aliphatic carbocycles. The number of hydrogen-bond acceptors (Lipinski definition) is 1. The maximum atomic E-state index is 5.03. The maximum absolute atomic E-state index is 5.03. The van der Waals surface area contributed by atoms with Gasteiger partial charge in [-0.2, -0.15) is 6.42 Å². The van der Waals surface area contributed by atoms with Gasteiger partial charge in [-0.05, 0) is 6.92 Å². The smallest absolute Gasteiger partial charge is 0.0177 e. The minimum Gasteiger partial charge on any atom is -0.550 e. The fourth-order valence-corrected chi connectivity index (χ4v) is 0.603. The molecule has 2 heteroatoms. The third kappa shape index (κ3) is 2.46. The van der Waals surface area contributed by atoms with Crippen molar-refractivity contribution >= 4 is 0 Å². The molecule has 0 N–H and O–H groups in total. The molecule has 1 aliphatic rings. The van der Waals surface area contributed by atoms with E-state index in [0.717, 1.165) is 6.42 Å². The van der Waals surface area contributed by atoms with Gasteiger partial charge in [0.05, 0.1) is 0 Å². The van der Waals surface area contributed by atoms with Crippen LogP contribution in [0.1, 0.15) is 19.8 Å². The zero-order valence-corrected chi connectivity index (χ0v) is 7.32. The molecular weight excluding hydrogens is 260 g/mol. The van der Waals surface area contributed by atoms with Crippen molar-refractivity contribution in [2.24, 2.45) is 0 Å². The molecule has 1 saturated heterocycles. The molecule has 1 aliphatic heterocycles. The SMILES string of the molecule is CC1CC[CH-]O1.[W]. The van der Waals surface area contributed by atoms with Crippen molar-refractivity contribution in [3.8, 4) is 0 Å². The van der Waals surface area contributed by atoms with Crippen LogP contribution in [0.4, 0.5) is 0 Å². The summed E-state index contributed by atoms with van der Waals surface area (Å²) in [5.74, 6) is 0. The van der Waals surface area contributed by atoms with Gasteiger partial charge in [-0.1, -0.05) is 6.42 Å². The summed E-state index contributed by atoms with van der Waals surface area (Å²) < 4.78 is 5.03. The van der Waals surface area contributed by atoms with E-state index in [0.29, 0.717) is 6.10 Å². The second-order valence-corrected chi connectivity index (χ2v) is 1.69. The molecular formula is C5H9OW-. The van der Waals surface area contributed by atoms with E-state index in [2.05, 4.69) is 6.92 Å². The quantitative estimate of drug-likeness (QED) is 0.603. The molecule has 1 heterocycles. The zero-order valence-electron chi connectivity index (χ0n) is 4.39. The Bertz CT molecular complexity index is 41.3. The van der Waals surface area contributed by atoms with Gasteiger partial charge in [-0.3, -0.25) is 0 Å². The minimum atomic E-state index is 0. The Labute approximate surface area is 58.7 Å². The molecule has 0 amide bonds. The second-order valence-electron chi connectivity index (χ2n) is 1.69. The van der Waals surface area contributed by atoms with Crippen LogP contribution in [-0.2, 0) is 25.8 Å². The van der Waals surface area contributed by atoms with E-state index < -0.39 is 0 Å². The molecule has 0 bridgehead atoms. The summed E-state index contributed by atoms with van der Waals surface area (Å²) in [6, 6.07) is 0. The molecule has 0 aromatic heterocycles. The Kier molecular flexibility index (Phi) is 3.96. The molecule has 1 unspecified atom stereocenters. The second kappa shape index (κ2) is 3.63. The van der Waals surface area contributed by atoms with Crippen molar-refractivity contribution in [3.05, 3.63) is 6.61 Å². The van der Waals surface area contributed by atoms with Crippen LogP contribution in [0.25, 0.3) is 0 Å². The van der Waals surface area contributed by atoms with E-state index in [1.165, 1.54) is 6.42 Å². The third-order valence-corrected chi connectivity index (χ3v) is 1.02. The molecule has 42 valence electrons. The summed E-state index contributed by atoms with van der Waals surface area (Å²) in [6.45, 7) is 3.97. The minimum absolute atomic E-state index is 0. The summed E-state index contributed by atoms with van der Waals surface area (Å²) in [6.07, 6.45) is 2.84. The third-order valence-electron chi connectivity index (χ3n) is 1.02. The Morgan fingerprint density at radius 2 is 2.43 bits per heavy atom. The van der Waals surface area contributed by atoms with E-state index >= 15 is 0 Å².